The molecule has 0 unspecified atom stereocenters. The van der Waals surface area contributed by atoms with Crippen molar-refractivity contribution in [2.75, 3.05) is 7.11 Å². The van der Waals surface area contributed by atoms with E-state index in [1.807, 2.05) is 0 Å². The van der Waals surface area contributed by atoms with Crippen LogP contribution in [0.4, 0.5) is 0 Å². The van der Waals surface area contributed by atoms with Gasteiger partial charge in [-0.25, -0.2) is 9.78 Å². The highest BCUT2D eigenvalue weighted by atomic mass is 35.5. The van der Waals surface area contributed by atoms with Gasteiger partial charge in [0.1, 0.15) is 5.75 Å². The molecule has 0 saturated carbocycles. The molecule has 0 spiro atoms. The van der Waals surface area contributed by atoms with Crippen LogP contribution in [0.5, 0.6) is 5.75 Å². The van der Waals surface area contributed by atoms with Gasteiger partial charge in [-0.15, -0.1) is 0 Å². The Hall–Kier alpha value is -2.01. The predicted octanol–water partition coefficient (Wildman–Crippen LogP) is 5.33. The Morgan fingerprint density at radius 3 is 2.62 bits per heavy atom. The van der Waals surface area contributed by atoms with Crippen LogP contribution in [-0.4, -0.2) is 12.1 Å². The molecule has 0 amide bonds. The van der Waals surface area contributed by atoms with Crippen LogP contribution in [0.2, 0.25) is 15.1 Å². The number of benzene rings is 2. The Morgan fingerprint density at radius 1 is 1.08 bits per heavy atom. The van der Waals surface area contributed by atoms with Crippen molar-refractivity contribution in [1.82, 2.24) is 4.98 Å². The normalized spacial score (nSPS) is 11.3. The third kappa shape index (κ3) is 3.41. The summed E-state index contributed by atoms with van der Waals surface area (Å²) in [6.07, 6.45) is 3.20. The summed E-state index contributed by atoms with van der Waals surface area (Å²) in [5.41, 5.74) is 0.611. The van der Waals surface area contributed by atoms with Crippen LogP contribution in [0.3, 0.4) is 0 Å². The van der Waals surface area contributed by atoms with Gasteiger partial charge in [0.25, 0.3) is 0 Å². The van der Waals surface area contributed by atoms with Crippen molar-refractivity contribution in [3.05, 3.63) is 67.3 Å². The van der Waals surface area contributed by atoms with Crippen LogP contribution >= 0.6 is 34.8 Å². The van der Waals surface area contributed by atoms with Crippen molar-refractivity contribution in [2.45, 2.75) is 0 Å². The van der Waals surface area contributed by atoms with Crippen molar-refractivity contribution >= 4 is 57.9 Å². The maximum atomic E-state index is 12.0. The van der Waals surface area contributed by atoms with Gasteiger partial charge in [0.2, 0.25) is 5.89 Å². The first-order valence-corrected chi connectivity index (χ1v) is 7.93. The number of nitrogens with zero attached hydrogens (tertiary/aromatic N) is 1. The molecule has 0 radical (unpaired) electrons. The van der Waals surface area contributed by atoms with Gasteiger partial charge in [0.05, 0.1) is 23.0 Å². The van der Waals surface area contributed by atoms with Gasteiger partial charge in [-0.3, -0.25) is 0 Å². The quantitative estimate of drug-likeness (QED) is 0.614. The zero-order valence-corrected chi connectivity index (χ0v) is 14.6. The number of fused-ring (bicyclic) bond motifs is 1. The predicted molar refractivity (Wildman–Crippen MR) is 97.2 cm³/mol. The van der Waals surface area contributed by atoms with E-state index < -0.39 is 5.63 Å². The summed E-state index contributed by atoms with van der Waals surface area (Å²) in [6.45, 7) is 0. The van der Waals surface area contributed by atoms with E-state index in [4.69, 9.17) is 44.0 Å². The van der Waals surface area contributed by atoms with Gasteiger partial charge in [0, 0.05) is 21.7 Å². The van der Waals surface area contributed by atoms with E-state index in [1.165, 1.54) is 13.2 Å². The molecule has 3 rings (SSSR count). The molecule has 0 saturated heterocycles. The average Bonchev–Trinajstić information content (AvgIpc) is 2.53. The fourth-order valence-electron chi connectivity index (χ4n) is 2.21. The molecule has 2 aromatic carbocycles. The van der Waals surface area contributed by atoms with Crippen LogP contribution in [-0.2, 0) is 0 Å². The fourth-order valence-corrected chi connectivity index (χ4v) is 2.97. The molecule has 0 bridgehead atoms. The van der Waals surface area contributed by atoms with Crippen LogP contribution in [0.15, 0.2) is 39.5 Å². The molecule has 3 aromatic rings. The first kappa shape index (κ1) is 16.8. The molecule has 7 heteroatoms. The Balaban J connectivity index is 2.06. The smallest absolute Gasteiger partial charge is 0.347 e. The first-order chi connectivity index (χ1) is 11.5. The van der Waals surface area contributed by atoms with E-state index >= 15 is 0 Å². The summed E-state index contributed by atoms with van der Waals surface area (Å²) in [6, 6.07) is 8.09. The molecule has 0 aliphatic heterocycles. The number of aromatic nitrogens is 1. The van der Waals surface area contributed by atoms with Crippen LogP contribution < -0.4 is 10.4 Å². The zero-order chi connectivity index (χ0) is 17.3. The molecule has 1 heterocycles. The summed E-state index contributed by atoms with van der Waals surface area (Å²) in [7, 11) is 1.50. The van der Waals surface area contributed by atoms with Gasteiger partial charge >= 0.3 is 5.63 Å². The number of ether oxygens (including phenoxy) is 1. The molecule has 0 fully saturated rings. The Labute approximate surface area is 152 Å². The molecule has 24 heavy (non-hydrogen) atoms. The lowest BCUT2D eigenvalue weighted by molar-refractivity contribution is 0.414. The summed E-state index contributed by atoms with van der Waals surface area (Å²) >= 11 is 18.0. The second-order valence-corrected chi connectivity index (χ2v) is 6.12. The Bertz CT molecular complexity index is 1010. The van der Waals surface area contributed by atoms with Crippen LogP contribution in [0.25, 0.3) is 23.1 Å². The number of hydrogen-bond acceptors (Lipinski definition) is 4. The second kappa shape index (κ2) is 6.85. The van der Waals surface area contributed by atoms with Crippen molar-refractivity contribution in [2.24, 2.45) is 0 Å². The minimum absolute atomic E-state index is 0.146. The maximum Gasteiger partial charge on any atom is 0.347 e. The Morgan fingerprint density at radius 2 is 1.88 bits per heavy atom. The monoisotopic (exact) mass is 381 g/mol. The topological polar surface area (TPSA) is 52.3 Å². The minimum atomic E-state index is -0.516. The molecule has 0 atom stereocenters. The van der Waals surface area contributed by atoms with E-state index in [-0.39, 0.29) is 5.89 Å². The summed E-state index contributed by atoms with van der Waals surface area (Å²) < 4.78 is 10.4. The van der Waals surface area contributed by atoms with E-state index in [1.54, 1.807) is 36.4 Å². The lowest BCUT2D eigenvalue weighted by Crippen LogP contribution is -2.02. The lowest BCUT2D eigenvalue weighted by Gasteiger charge is -2.07. The molecule has 122 valence electrons. The van der Waals surface area contributed by atoms with Crippen molar-refractivity contribution in [3.8, 4) is 5.75 Å². The standard InChI is InChI=1S/C17H10Cl3NO3/c1-23-16-9(6-11(19)8-13(16)20)2-5-15-21-14-4-3-10(18)7-12(14)17(22)24-15/h2-8H,1H3/b5-2+. The number of hydrogen-bond donors (Lipinski definition) is 0. The maximum absolute atomic E-state index is 12.0. The summed E-state index contributed by atoms with van der Waals surface area (Å²) in [5.74, 6) is 0.611. The highest BCUT2D eigenvalue weighted by Gasteiger charge is 2.09. The van der Waals surface area contributed by atoms with Gasteiger partial charge in [0.15, 0.2) is 0 Å². The van der Waals surface area contributed by atoms with Crippen molar-refractivity contribution in [1.29, 1.82) is 0 Å². The third-order valence-electron chi connectivity index (χ3n) is 3.25. The van der Waals surface area contributed by atoms with Gasteiger partial charge < -0.3 is 9.15 Å². The van der Waals surface area contributed by atoms with Gasteiger partial charge in [-0.1, -0.05) is 34.8 Å². The van der Waals surface area contributed by atoms with Crippen LogP contribution in [0, 0.1) is 0 Å². The minimum Gasteiger partial charge on any atom is -0.495 e. The van der Waals surface area contributed by atoms with E-state index in [9.17, 15) is 4.79 Å². The summed E-state index contributed by atoms with van der Waals surface area (Å²) in [4.78, 5) is 16.3. The van der Waals surface area contributed by atoms with Crippen LogP contribution in [0.1, 0.15) is 11.5 Å². The van der Waals surface area contributed by atoms with Crippen molar-refractivity contribution < 1.29 is 9.15 Å². The van der Waals surface area contributed by atoms with E-state index in [0.29, 0.717) is 37.3 Å². The summed E-state index contributed by atoms with van der Waals surface area (Å²) in [5, 5.41) is 1.61. The highest BCUT2D eigenvalue weighted by molar-refractivity contribution is 6.36. The largest absolute Gasteiger partial charge is 0.495 e. The SMILES string of the molecule is COc1c(Cl)cc(Cl)cc1/C=C/c1nc2ccc(Cl)cc2c(=O)o1. The van der Waals surface area contributed by atoms with E-state index in [0.717, 1.165) is 0 Å². The number of methoxy groups -OCH3 is 1. The van der Waals surface area contributed by atoms with E-state index in [2.05, 4.69) is 4.98 Å². The second-order valence-electron chi connectivity index (χ2n) is 4.84. The zero-order valence-electron chi connectivity index (χ0n) is 12.3. The first-order valence-electron chi connectivity index (χ1n) is 6.79. The van der Waals surface area contributed by atoms with Gasteiger partial charge in [-0.2, -0.15) is 0 Å². The lowest BCUT2D eigenvalue weighted by atomic mass is 10.2. The molecular weight excluding hydrogens is 373 g/mol. The number of halogens is 3. The molecule has 0 N–H and O–H groups in total. The molecule has 0 aliphatic carbocycles. The van der Waals surface area contributed by atoms with Gasteiger partial charge in [-0.05, 0) is 36.4 Å². The fraction of sp³-hybridized carbons (Fsp3) is 0.0588. The highest BCUT2D eigenvalue weighted by Crippen LogP contribution is 2.33. The molecule has 0 aliphatic rings. The average molecular weight is 383 g/mol. The Kier molecular flexibility index (Phi) is 4.81. The third-order valence-corrected chi connectivity index (χ3v) is 3.99. The van der Waals surface area contributed by atoms with Crippen molar-refractivity contribution in [3.63, 3.8) is 0 Å². The molecule has 1 aromatic heterocycles. The molecule has 4 nitrogen and oxygen atoms in total. The molecular formula is C17H10Cl3NO3. The number of rotatable bonds is 3.